The van der Waals surface area contributed by atoms with Crippen LogP contribution in [0.3, 0.4) is 0 Å². The molecule has 0 radical (unpaired) electrons. The van der Waals surface area contributed by atoms with Crippen molar-refractivity contribution < 1.29 is 32.6 Å². The number of rotatable bonds is 6. The van der Waals surface area contributed by atoms with Crippen LogP contribution in [0.4, 0.5) is 13.2 Å². The second kappa shape index (κ2) is 6.03. The molecular weight excluding hydrogens is 255 g/mol. The lowest BCUT2D eigenvalue weighted by molar-refractivity contribution is -0.207. The van der Waals surface area contributed by atoms with E-state index in [2.05, 4.69) is 0 Å². The van der Waals surface area contributed by atoms with E-state index in [1.54, 1.807) is 6.92 Å². The third kappa shape index (κ3) is 4.17. The molecule has 8 heteroatoms. The van der Waals surface area contributed by atoms with Gasteiger partial charge in [-0.1, -0.05) is 6.92 Å². The molecule has 0 bridgehead atoms. The number of carboxylic acid groups (broad SMARTS) is 1. The predicted octanol–water partition coefficient (Wildman–Crippen LogP) is 1.18. The van der Waals surface area contributed by atoms with Gasteiger partial charge in [-0.15, -0.1) is 0 Å². The van der Waals surface area contributed by atoms with E-state index in [-0.39, 0.29) is 18.9 Å². The largest absolute Gasteiger partial charge is 0.479 e. The van der Waals surface area contributed by atoms with Gasteiger partial charge in [-0.25, -0.2) is 4.79 Å². The highest BCUT2D eigenvalue weighted by atomic mass is 19.4. The van der Waals surface area contributed by atoms with Gasteiger partial charge >= 0.3 is 12.1 Å². The molecule has 0 aromatic carbocycles. The molecule has 18 heavy (non-hydrogen) atoms. The Kier molecular flexibility index (Phi) is 5.59. The first-order valence-corrected chi connectivity index (χ1v) is 5.14. The maximum absolute atomic E-state index is 12.6. The molecule has 0 aromatic heterocycles. The number of alkyl halides is 3. The molecule has 106 valence electrons. The number of hydrogen-bond acceptors (Lipinski definition) is 3. The number of carbonyl (C=O) groups excluding carboxylic acids is 1. The fourth-order valence-electron chi connectivity index (χ4n) is 1.24. The van der Waals surface area contributed by atoms with Crippen molar-refractivity contribution in [3.63, 3.8) is 0 Å². The van der Waals surface area contributed by atoms with Gasteiger partial charge < -0.3 is 15.2 Å². The van der Waals surface area contributed by atoms with Gasteiger partial charge in [-0.3, -0.25) is 4.79 Å². The lowest BCUT2D eigenvalue weighted by Gasteiger charge is -2.29. The average molecular weight is 271 g/mol. The topological polar surface area (TPSA) is 75.6 Å². The Balaban J connectivity index is 4.73. The molecule has 0 aliphatic carbocycles. The second-order valence-electron chi connectivity index (χ2n) is 4.24. The fourth-order valence-corrected chi connectivity index (χ4v) is 1.24. The zero-order valence-corrected chi connectivity index (χ0v) is 10.3. The van der Waals surface area contributed by atoms with Crippen molar-refractivity contribution in [3.8, 4) is 0 Å². The van der Waals surface area contributed by atoms with Gasteiger partial charge in [0.1, 0.15) is 0 Å². The van der Waals surface area contributed by atoms with Gasteiger partial charge in [0, 0.05) is 20.1 Å². The predicted molar refractivity (Wildman–Crippen MR) is 55.9 cm³/mol. The minimum atomic E-state index is -5.07. The first-order chi connectivity index (χ1) is 8.04. The van der Waals surface area contributed by atoms with Gasteiger partial charge in [-0.05, 0) is 12.8 Å². The van der Waals surface area contributed by atoms with Crippen molar-refractivity contribution >= 4 is 11.9 Å². The molecule has 0 saturated carbocycles. The summed E-state index contributed by atoms with van der Waals surface area (Å²) in [4.78, 5) is 22.0. The average Bonchev–Trinajstić information content (AvgIpc) is 2.14. The van der Waals surface area contributed by atoms with Crippen LogP contribution in [0.15, 0.2) is 0 Å². The van der Waals surface area contributed by atoms with Crippen LogP contribution in [-0.4, -0.2) is 42.4 Å². The number of halogens is 3. The Morgan fingerprint density at radius 3 is 2.22 bits per heavy atom. The third-order valence-corrected chi connectivity index (χ3v) is 2.37. The summed E-state index contributed by atoms with van der Waals surface area (Å²) in [7, 11) is 1.39. The summed E-state index contributed by atoms with van der Waals surface area (Å²) in [6, 6.07) is 0. The number of carboxylic acids is 1. The number of carbonyl (C=O) groups is 2. The van der Waals surface area contributed by atoms with E-state index in [1.807, 2.05) is 0 Å². The Morgan fingerprint density at radius 2 is 1.89 bits per heavy atom. The van der Waals surface area contributed by atoms with Crippen LogP contribution < -0.4 is 5.32 Å². The first-order valence-electron chi connectivity index (χ1n) is 5.14. The van der Waals surface area contributed by atoms with Crippen LogP contribution in [-0.2, 0) is 14.3 Å². The number of amides is 1. The van der Waals surface area contributed by atoms with Crippen molar-refractivity contribution in [1.29, 1.82) is 0 Å². The molecule has 0 aliphatic heterocycles. The summed E-state index contributed by atoms with van der Waals surface area (Å²) < 4.78 is 42.5. The number of aliphatic carboxylic acids is 1. The van der Waals surface area contributed by atoms with Crippen molar-refractivity contribution in [1.82, 2.24) is 5.32 Å². The van der Waals surface area contributed by atoms with Gasteiger partial charge in [0.05, 0.1) is 0 Å². The summed E-state index contributed by atoms with van der Waals surface area (Å²) >= 11 is 0. The number of nitrogens with one attached hydrogen (secondary N) is 1. The standard InChI is InChI=1S/C10H16F3NO4/c1-6(5-18-3)4-7(15)14-9(2,8(16)17)10(11,12)13/h6H,4-5H2,1-3H3,(H,14,15)(H,16,17). The molecule has 0 rings (SSSR count). The maximum atomic E-state index is 12.6. The van der Waals surface area contributed by atoms with Crippen LogP contribution in [0.1, 0.15) is 20.3 Å². The monoisotopic (exact) mass is 271 g/mol. The van der Waals surface area contributed by atoms with Crippen molar-refractivity contribution in [2.45, 2.75) is 32.0 Å². The van der Waals surface area contributed by atoms with E-state index in [0.29, 0.717) is 6.92 Å². The number of ether oxygens (including phenoxy) is 1. The zero-order valence-electron chi connectivity index (χ0n) is 10.3. The SMILES string of the molecule is COCC(C)CC(=O)NC(C)(C(=O)O)C(F)(F)F. The summed E-state index contributed by atoms with van der Waals surface area (Å²) in [5, 5.41) is 10.1. The van der Waals surface area contributed by atoms with Crippen molar-refractivity contribution in [2.24, 2.45) is 5.92 Å². The summed E-state index contributed by atoms with van der Waals surface area (Å²) in [5.41, 5.74) is -3.28. The molecule has 1 amide bonds. The van der Waals surface area contributed by atoms with Crippen LogP contribution in [0.25, 0.3) is 0 Å². The Hall–Kier alpha value is -1.31. The van der Waals surface area contributed by atoms with Crippen LogP contribution in [0.5, 0.6) is 0 Å². The van der Waals surface area contributed by atoms with Crippen LogP contribution >= 0.6 is 0 Å². The minimum Gasteiger partial charge on any atom is -0.479 e. The summed E-state index contributed by atoms with van der Waals surface area (Å²) in [6.07, 6.45) is -5.31. The highest BCUT2D eigenvalue weighted by molar-refractivity contribution is 5.87. The molecular formula is C10H16F3NO4. The number of methoxy groups -OCH3 is 1. The van der Waals surface area contributed by atoms with Crippen LogP contribution in [0, 0.1) is 5.92 Å². The van der Waals surface area contributed by atoms with Crippen molar-refractivity contribution in [3.05, 3.63) is 0 Å². The molecule has 0 saturated heterocycles. The van der Waals surface area contributed by atoms with E-state index >= 15 is 0 Å². The van der Waals surface area contributed by atoms with Crippen molar-refractivity contribution in [2.75, 3.05) is 13.7 Å². The fraction of sp³-hybridized carbons (Fsp3) is 0.800. The van der Waals surface area contributed by atoms with E-state index < -0.39 is 23.6 Å². The molecule has 0 aromatic rings. The lowest BCUT2D eigenvalue weighted by Crippen LogP contribution is -2.62. The van der Waals surface area contributed by atoms with Gasteiger partial charge in [0.25, 0.3) is 0 Å². The van der Waals surface area contributed by atoms with E-state index in [1.165, 1.54) is 12.4 Å². The normalized spacial score (nSPS) is 16.8. The highest BCUT2D eigenvalue weighted by Gasteiger charge is 2.58. The van der Waals surface area contributed by atoms with E-state index in [0.717, 1.165) is 0 Å². The highest BCUT2D eigenvalue weighted by Crippen LogP contribution is 2.30. The molecule has 0 fully saturated rings. The molecule has 0 heterocycles. The first kappa shape index (κ1) is 16.7. The minimum absolute atomic E-state index is 0.198. The van der Waals surface area contributed by atoms with Gasteiger partial charge in [0.15, 0.2) is 0 Å². The molecule has 0 spiro atoms. The molecule has 0 aliphatic rings. The van der Waals surface area contributed by atoms with E-state index in [9.17, 15) is 22.8 Å². The number of hydrogen-bond donors (Lipinski definition) is 2. The lowest BCUT2D eigenvalue weighted by atomic mass is 10.0. The maximum Gasteiger partial charge on any atom is 0.422 e. The molecule has 2 atom stereocenters. The summed E-state index contributed by atoms with van der Waals surface area (Å²) in [5.74, 6) is -3.44. The third-order valence-electron chi connectivity index (χ3n) is 2.37. The molecule has 5 nitrogen and oxygen atoms in total. The Labute approximate surface area is 102 Å². The van der Waals surface area contributed by atoms with Crippen LogP contribution in [0.2, 0.25) is 0 Å². The summed E-state index contributed by atoms with van der Waals surface area (Å²) in [6.45, 7) is 2.21. The van der Waals surface area contributed by atoms with Gasteiger partial charge in [0.2, 0.25) is 11.4 Å². The second-order valence-corrected chi connectivity index (χ2v) is 4.24. The Bertz CT molecular complexity index is 319. The smallest absolute Gasteiger partial charge is 0.422 e. The zero-order chi connectivity index (χ0) is 14.6. The molecule has 2 N–H and O–H groups in total. The molecule has 2 unspecified atom stereocenters. The van der Waals surface area contributed by atoms with Gasteiger partial charge in [-0.2, -0.15) is 13.2 Å². The quantitative estimate of drug-likeness (QED) is 0.760. The van der Waals surface area contributed by atoms with E-state index in [4.69, 9.17) is 9.84 Å². The Morgan fingerprint density at radius 1 is 1.39 bits per heavy atom.